The summed E-state index contributed by atoms with van der Waals surface area (Å²) in [5.74, 6) is -1.80. The summed E-state index contributed by atoms with van der Waals surface area (Å²) in [5.41, 5.74) is 3.87. The van der Waals surface area contributed by atoms with Crippen molar-refractivity contribution in [3.63, 3.8) is 0 Å². The highest BCUT2D eigenvalue weighted by molar-refractivity contribution is 5.74. The topological polar surface area (TPSA) is 86.4 Å². The standard InChI is InChI=1S/C34H31F2N3O4/c1-3-43-30-19-16-25(20-26(30)21-32(40)41)24-14-12-23(13-15-24)6-4-9-31-37-39(27-17-10-22(2)11-18-27)34(42)38(31)33-28(35)7-5-8-29(33)36/h5,7-8,10-20H,3-4,6,9,21H2,1-2H3,(H,40,41). The van der Waals surface area contributed by atoms with E-state index in [0.717, 1.165) is 39.0 Å². The minimum atomic E-state index is -0.930. The second-order valence-electron chi connectivity index (χ2n) is 10.2. The maximum atomic E-state index is 14.8. The quantitative estimate of drug-likeness (QED) is 0.192. The molecule has 7 nitrogen and oxygen atoms in total. The SMILES string of the molecule is CCOc1ccc(-c2ccc(CCCc3nn(-c4ccc(C)cc4)c(=O)n3-c3c(F)cccc3F)cc2)cc1CC(=O)O. The van der Waals surface area contributed by atoms with Gasteiger partial charge >= 0.3 is 11.7 Å². The Labute approximate surface area is 247 Å². The number of hydrogen-bond donors (Lipinski definition) is 1. The monoisotopic (exact) mass is 583 g/mol. The van der Waals surface area contributed by atoms with Gasteiger partial charge in [-0.25, -0.2) is 18.1 Å². The summed E-state index contributed by atoms with van der Waals surface area (Å²) in [6.45, 7) is 4.22. The minimum Gasteiger partial charge on any atom is -0.494 e. The van der Waals surface area contributed by atoms with Crippen molar-refractivity contribution in [3.8, 4) is 28.3 Å². The molecule has 0 amide bonds. The fourth-order valence-electron chi connectivity index (χ4n) is 5.02. The molecular formula is C34H31F2N3O4. The van der Waals surface area contributed by atoms with Crippen molar-refractivity contribution in [3.05, 3.63) is 130 Å². The Hall–Kier alpha value is -5.05. The van der Waals surface area contributed by atoms with Crippen LogP contribution in [0.4, 0.5) is 8.78 Å². The van der Waals surface area contributed by atoms with E-state index in [2.05, 4.69) is 5.10 Å². The first-order valence-corrected chi connectivity index (χ1v) is 14.0. The van der Waals surface area contributed by atoms with Gasteiger partial charge < -0.3 is 9.84 Å². The van der Waals surface area contributed by atoms with Crippen LogP contribution >= 0.6 is 0 Å². The van der Waals surface area contributed by atoms with Crippen LogP contribution in [0.2, 0.25) is 0 Å². The lowest BCUT2D eigenvalue weighted by Crippen LogP contribution is -2.24. The number of carboxylic acid groups (broad SMARTS) is 1. The first-order chi connectivity index (χ1) is 20.7. The van der Waals surface area contributed by atoms with E-state index in [9.17, 15) is 23.5 Å². The normalized spacial score (nSPS) is 11.1. The molecule has 220 valence electrons. The molecule has 1 N–H and O–H groups in total. The number of aliphatic carboxylic acids is 1. The number of rotatable bonds is 11. The summed E-state index contributed by atoms with van der Waals surface area (Å²) in [6, 6.07) is 24.1. The summed E-state index contributed by atoms with van der Waals surface area (Å²) >= 11 is 0. The highest BCUT2D eigenvalue weighted by atomic mass is 19.1. The lowest BCUT2D eigenvalue weighted by Gasteiger charge is -2.12. The van der Waals surface area contributed by atoms with Gasteiger partial charge in [0.1, 0.15) is 28.9 Å². The van der Waals surface area contributed by atoms with Crippen LogP contribution in [0.1, 0.15) is 35.9 Å². The molecule has 0 aliphatic carbocycles. The second kappa shape index (κ2) is 12.9. The van der Waals surface area contributed by atoms with E-state index >= 15 is 0 Å². The van der Waals surface area contributed by atoms with Crippen LogP contribution in [-0.2, 0) is 24.1 Å². The Kier molecular flexibility index (Phi) is 8.80. The van der Waals surface area contributed by atoms with Gasteiger partial charge in [0.15, 0.2) is 0 Å². The Morgan fingerprint density at radius 2 is 1.58 bits per heavy atom. The van der Waals surface area contributed by atoms with Gasteiger partial charge in [0, 0.05) is 12.0 Å². The molecule has 0 aliphatic rings. The number of nitrogens with zero attached hydrogens (tertiary/aromatic N) is 3. The average molecular weight is 584 g/mol. The summed E-state index contributed by atoms with van der Waals surface area (Å²) in [6.07, 6.45) is 1.38. The van der Waals surface area contributed by atoms with Gasteiger partial charge in [0.05, 0.1) is 18.7 Å². The van der Waals surface area contributed by atoms with Crippen LogP contribution in [0, 0.1) is 18.6 Å². The van der Waals surface area contributed by atoms with Gasteiger partial charge in [0.2, 0.25) is 0 Å². The lowest BCUT2D eigenvalue weighted by atomic mass is 9.98. The molecule has 1 aromatic heterocycles. The molecule has 4 aromatic carbocycles. The Balaban J connectivity index is 1.37. The molecular weight excluding hydrogens is 552 g/mol. The number of carboxylic acids is 1. The van der Waals surface area contributed by atoms with Crippen LogP contribution in [0.15, 0.2) is 89.7 Å². The van der Waals surface area contributed by atoms with Gasteiger partial charge in [-0.2, -0.15) is 4.68 Å². The van der Waals surface area contributed by atoms with Gasteiger partial charge in [0.25, 0.3) is 0 Å². The lowest BCUT2D eigenvalue weighted by molar-refractivity contribution is -0.136. The zero-order valence-electron chi connectivity index (χ0n) is 23.9. The first-order valence-electron chi connectivity index (χ1n) is 14.0. The molecule has 0 saturated carbocycles. The summed E-state index contributed by atoms with van der Waals surface area (Å²) in [5, 5.41) is 13.8. The number of halogens is 2. The van der Waals surface area contributed by atoms with Gasteiger partial charge in [-0.1, -0.05) is 54.1 Å². The zero-order valence-corrected chi connectivity index (χ0v) is 23.9. The molecule has 9 heteroatoms. The fraction of sp³-hybridized carbons (Fsp3) is 0.206. The van der Waals surface area contributed by atoms with Crippen LogP contribution in [0.3, 0.4) is 0 Å². The summed E-state index contributed by atoms with van der Waals surface area (Å²) in [4.78, 5) is 24.8. The first kappa shape index (κ1) is 29.4. The third-order valence-corrected chi connectivity index (χ3v) is 7.14. The smallest absolute Gasteiger partial charge is 0.355 e. The number of carbonyl (C=O) groups is 1. The maximum absolute atomic E-state index is 14.8. The van der Waals surface area contributed by atoms with E-state index in [1.54, 1.807) is 18.2 Å². The number of benzene rings is 4. The molecule has 0 atom stereocenters. The summed E-state index contributed by atoms with van der Waals surface area (Å²) in [7, 11) is 0. The highest BCUT2D eigenvalue weighted by Gasteiger charge is 2.21. The molecule has 0 bridgehead atoms. The highest BCUT2D eigenvalue weighted by Crippen LogP contribution is 2.28. The molecule has 0 spiro atoms. The Bertz CT molecular complexity index is 1790. The van der Waals surface area contributed by atoms with E-state index < -0.39 is 29.0 Å². The van der Waals surface area contributed by atoms with Gasteiger partial charge in [-0.3, -0.25) is 4.79 Å². The Morgan fingerprint density at radius 3 is 2.23 bits per heavy atom. The van der Waals surface area contributed by atoms with Crippen molar-refractivity contribution in [2.24, 2.45) is 0 Å². The number of para-hydroxylation sites is 1. The van der Waals surface area contributed by atoms with Gasteiger partial charge in [-0.05, 0) is 79.8 Å². The molecule has 0 aliphatic heterocycles. The number of aryl methyl sites for hydroxylation is 3. The van der Waals surface area contributed by atoms with Gasteiger partial charge in [-0.15, -0.1) is 5.10 Å². The third kappa shape index (κ3) is 6.56. The fourth-order valence-corrected chi connectivity index (χ4v) is 5.02. The predicted octanol–water partition coefficient (Wildman–Crippen LogP) is 6.48. The van der Waals surface area contributed by atoms with E-state index in [1.807, 2.05) is 62.4 Å². The minimum absolute atomic E-state index is 0.136. The molecule has 5 rings (SSSR count). The predicted molar refractivity (Wildman–Crippen MR) is 160 cm³/mol. The largest absolute Gasteiger partial charge is 0.494 e. The number of aromatic nitrogens is 3. The molecule has 0 saturated heterocycles. The molecule has 0 radical (unpaired) electrons. The second-order valence-corrected chi connectivity index (χ2v) is 10.2. The van der Waals surface area contributed by atoms with Crippen molar-refractivity contribution in [1.29, 1.82) is 0 Å². The van der Waals surface area contributed by atoms with Crippen LogP contribution < -0.4 is 10.4 Å². The molecule has 5 aromatic rings. The molecule has 0 fully saturated rings. The van der Waals surface area contributed by atoms with Crippen LogP contribution in [0.25, 0.3) is 22.5 Å². The van der Waals surface area contributed by atoms with Crippen molar-refractivity contribution < 1.29 is 23.4 Å². The zero-order chi connectivity index (χ0) is 30.5. The van der Waals surface area contributed by atoms with Crippen LogP contribution in [0.5, 0.6) is 5.75 Å². The Morgan fingerprint density at radius 1 is 0.907 bits per heavy atom. The molecule has 0 unspecified atom stereocenters. The van der Waals surface area contributed by atoms with E-state index in [4.69, 9.17) is 4.74 Å². The van der Waals surface area contributed by atoms with Crippen molar-refractivity contribution in [2.45, 2.75) is 39.5 Å². The molecule has 43 heavy (non-hydrogen) atoms. The van der Waals surface area contributed by atoms with E-state index in [1.165, 1.54) is 10.7 Å². The van der Waals surface area contributed by atoms with Crippen molar-refractivity contribution in [1.82, 2.24) is 14.3 Å². The van der Waals surface area contributed by atoms with E-state index in [-0.39, 0.29) is 12.2 Å². The van der Waals surface area contributed by atoms with E-state index in [0.29, 0.717) is 42.9 Å². The maximum Gasteiger partial charge on any atom is 0.355 e. The number of ether oxygens (including phenoxy) is 1. The number of hydrogen-bond acceptors (Lipinski definition) is 4. The molecule has 1 heterocycles. The van der Waals surface area contributed by atoms with Crippen molar-refractivity contribution >= 4 is 5.97 Å². The third-order valence-electron chi connectivity index (χ3n) is 7.14. The van der Waals surface area contributed by atoms with Crippen molar-refractivity contribution in [2.75, 3.05) is 6.61 Å². The van der Waals surface area contributed by atoms with Crippen LogP contribution in [-0.4, -0.2) is 32.0 Å². The average Bonchev–Trinajstić information content (AvgIpc) is 3.30. The summed E-state index contributed by atoms with van der Waals surface area (Å²) < 4.78 is 37.4.